The second-order valence-corrected chi connectivity index (χ2v) is 17.0. The van der Waals surface area contributed by atoms with Crippen molar-refractivity contribution in [2.24, 2.45) is 4.99 Å². The highest BCUT2D eigenvalue weighted by Gasteiger charge is 2.51. The highest BCUT2D eigenvalue weighted by Crippen LogP contribution is 2.44. The molecule has 3 N–H and O–H groups in total. The zero-order chi connectivity index (χ0) is 40.4. The molecule has 5 aliphatic rings. The minimum atomic E-state index is -1.48. The number of likely N-dealkylation sites (tertiary alicyclic amines) is 1. The molecule has 0 amide bonds. The number of hydrogen-bond donors (Lipinski definition) is 3. The number of terminal acetylenes is 1. The van der Waals surface area contributed by atoms with Crippen LogP contribution in [0, 0.1) is 35.8 Å². The molecule has 6 heterocycles. The number of rotatable bonds is 7. The van der Waals surface area contributed by atoms with Gasteiger partial charge in [0, 0.05) is 61.6 Å². The van der Waals surface area contributed by atoms with Crippen molar-refractivity contribution in [3.05, 3.63) is 88.6 Å². The molecule has 5 atom stereocenters. The van der Waals surface area contributed by atoms with Crippen LogP contribution < -0.4 is 10.6 Å². The maximum absolute atomic E-state index is 17.8. The second kappa shape index (κ2) is 14.6. The molecule has 3 aromatic carbocycles. The molecule has 4 aromatic rings. The number of nitrogens with one attached hydrogen (secondary N) is 2. The lowest BCUT2D eigenvalue weighted by Crippen LogP contribution is -2.56. The molecule has 12 heteroatoms. The van der Waals surface area contributed by atoms with Crippen LogP contribution in [0.3, 0.4) is 0 Å². The van der Waals surface area contributed by atoms with Gasteiger partial charge in [0.1, 0.15) is 40.6 Å². The molecule has 0 aliphatic carbocycles. The van der Waals surface area contributed by atoms with Gasteiger partial charge in [-0.1, -0.05) is 48.2 Å². The summed E-state index contributed by atoms with van der Waals surface area (Å²) in [5, 5.41) is 18.6. The van der Waals surface area contributed by atoms with Gasteiger partial charge in [0.05, 0.1) is 30.0 Å². The van der Waals surface area contributed by atoms with Crippen molar-refractivity contribution in [1.29, 1.82) is 0 Å². The van der Waals surface area contributed by atoms with E-state index in [1.165, 1.54) is 24.3 Å². The molecule has 300 valence electrons. The van der Waals surface area contributed by atoms with Crippen molar-refractivity contribution in [1.82, 2.24) is 20.1 Å². The molecule has 0 spiro atoms. The van der Waals surface area contributed by atoms with Gasteiger partial charge >= 0.3 is 0 Å². The number of halogens is 3. The summed E-state index contributed by atoms with van der Waals surface area (Å²) in [4.78, 5) is 14.5. The van der Waals surface area contributed by atoms with Gasteiger partial charge in [-0.15, -0.1) is 6.42 Å². The van der Waals surface area contributed by atoms with Crippen molar-refractivity contribution in [3.63, 3.8) is 0 Å². The Labute approximate surface area is 337 Å². The van der Waals surface area contributed by atoms with Crippen LogP contribution in [0.2, 0.25) is 0 Å². The normalized spacial score (nSPS) is 26.4. The summed E-state index contributed by atoms with van der Waals surface area (Å²) in [5.41, 5.74) is -0.0459. The molecule has 0 radical (unpaired) electrons. The van der Waals surface area contributed by atoms with Gasteiger partial charge in [0.15, 0.2) is 5.82 Å². The average Bonchev–Trinajstić information content (AvgIpc) is 3.86. The third kappa shape index (κ3) is 7.07. The van der Waals surface area contributed by atoms with Crippen molar-refractivity contribution >= 4 is 22.3 Å². The number of aliphatic imine (C=N–C) groups is 1. The number of aromatic hydroxyl groups is 1. The van der Waals surface area contributed by atoms with Crippen molar-refractivity contribution in [2.45, 2.75) is 94.7 Å². The molecule has 4 saturated heterocycles. The van der Waals surface area contributed by atoms with Crippen LogP contribution in [-0.2, 0) is 16.1 Å². The van der Waals surface area contributed by atoms with Gasteiger partial charge < -0.3 is 30.1 Å². The number of alkyl halides is 1. The maximum Gasteiger partial charge on any atom is 0.235 e. The lowest BCUT2D eigenvalue weighted by Gasteiger charge is -2.42. The Hall–Kier alpha value is -5.11. The number of pyridine rings is 1. The molecule has 58 heavy (non-hydrogen) atoms. The van der Waals surface area contributed by atoms with E-state index in [0.29, 0.717) is 49.4 Å². The van der Waals surface area contributed by atoms with Crippen molar-refractivity contribution in [2.75, 3.05) is 38.1 Å². The summed E-state index contributed by atoms with van der Waals surface area (Å²) in [7, 11) is 0. The monoisotopic (exact) mass is 788 g/mol. The molecule has 0 saturated carbocycles. The number of phenols is 1. The predicted octanol–water partition coefficient (Wildman–Crippen LogP) is 7.09. The Morgan fingerprint density at radius 1 is 1.07 bits per heavy atom. The molecule has 3 unspecified atom stereocenters. The first kappa shape index (κ1) is 38.4. The van der Waals surface area contributed by atoms with Gasteiger partial charge in [0.2, 0.25) is 5.85 Å². The lowest BCUT2D eigenvalue weighted by molar-refractivity contribution is -0.0538. The number of anilines is 1. The van der Waals surface area contributed by atoms with Crippen LogP contribution in [0.1, 0.15) is 75.3 Å². The number of fused-ring (bicyclic) bond motifs is 5. The third-order valence-electron chi connectivity index (χ3n) is 12.3. The van der Waals surface area contributed by atoms with E-state index in [-0.39, 0.29) is 58.0 Å². The Morgan fingerprint density at radius 3 is 2.60 bits per heavy atom. The molecule has 9 nitrogen and oxygen atoms in total. The smallest absolute Gasteiger partial charge is 0.235 e. The van der Waals surface area contributed by atoms with Crippen molar-refractivity contribution < 1.29 is 27.8 Å². The number of hydrogen-bond acceptors (Lipinski definition) is 9. The number of phenolic OH excluding ortho intramolecular Hbond substituents is 1. The number of ether oxygens (including phenoxy) is 2. The third-order valence-corrected chi connectivity index (χ3v) is 12.3. The van der Waals surface area contributed by atoms with Crippen molar-refractivity contribution in [3.8, 4) is 41.2 Å². The maximum atomic E-state index is 17.8. The first-order valence-corrected chi connectivity index (χ1v) is 20.1. The quantitative estimate of drug-likeness (QED) is 0.171. The van der Waals surface area contributed by atoms with Crippen LogP contribution in [0.5, 0.6) is 5.75 Å². The first-order chi connectivity index (χ1) is 27.8. The van der Waals surface area contributed by atoms with Crippen LogP contribution in [0.25, 0.3) is 22.0 Å². The standard InChI is InChI=1S/C46H47F3N6O3/c1-5-34-36(48)15-12-29-20-33(56)21-35(38(29)34)41-40(49)42-39(37(51-41)16-18-44(2,3)57-26-28-10-7-6-8-11-28)43(54-24-31-13-14-32(25-54)50-31)53-45(4,52-42)58-27-46-17-9-19-55(46)23-30(47)22-46/h1,6-8,10-12,15,20-21,30-32,50,52,56H,9,13-14,17,19,22-27H2,2-4H3/t30-,31?,32?,45?,46+/m1/s1. The van der Waals surface area contributed by atoms with E-state index in [4.69, 9.17) is 25.9 Å². The summed E-state index contributed by atoms with van der Waals surface area (Å²) >= 11 is 0. The molecule has 9 rings (SSSR count). The van der Waals surface area contributed by atoms with Gasteiger partial charge in [-0.3, -0.25) is 4.90 Å². The topological polar surface area (TPSA) is 94.5 Å². The summed E-state index contributed by atoms with van der Waals surface area (Å²) in [6, 6.07) is 15.7. The van der Waals surface area contributed by atoms with E-state index >= 15 is 8.78 Å². The lowest BCUT2D eigenvalue weighted by atomic mass is 9.94. The fourth-order valence-electron chi connectivity index (χ4n) is 9.51. The zero-order valence-corrected chi connectivity index (χ0v) is 33.0. The molecule has 5 aliphatic heterocycles. The van der Waals surface area contributed by atoms with Crippen LogP contribution in [-0.4, -0.2) is 93.8 Å². The molecule has 1 aromatic heterocycles. The average molecular weight is 789 g/mol. The molecule has 4 fully saturated rings. The van der Waals surface area contributed by atoms with E-state index in [2.05, 4.69) is 38.2 Å². The van der Waals surface area contributed by atoms with Gasteiger partial charge in [-0.05, 0) is 81.1 Å². The molecule has 2 bridgehead atoms. The van der Waals surface area contributed by atoms with Gasteiger partial charge in [0.25, 0.3) is 0 Å². The number of piperazine rings is 1. The van der Waals surface area contributed by atoms with Crippen LogP contribution in [0.15, 0.2) is 59.6 Å². The van der Waals surface area contributed by atoms with Gasteiger partial charge in [-0.25, -0.2) is 23.1 Å². The van der Waals surface area contributed by atoms with E-state index < -0.39 is 34.8 Å². The second-order valence-electron chi connectivity index (χ2n) is 17.0. The predicted molar refractivity (Wildman–Crippen MR) is 218 cm³/mol. The van der Waals surface area contributed by atoms with E-state index in [1.54, 1.807) is 6.92 Å². The Kier molecular flexibility index (Phi) is 9.68. The van der Waals surface area contributed by atoms with E-state index in [1.807, 2.05) is 44.2 Å². The van der Waals surface area contributed by atoms with Crippen LogP contribution in [0.4, 0.5) is 18.9 Å². The highest BCUT2D eigenvalue weighted by molar-refractivity contribution is 6.09. The fourth-order valence-corrected chi connectivity index (χ4v) is 9.51. The van der Waals surface area contributed by atoms with Gasteiger partial charge in [-0.2, -0.15) is 0 Å². The number of nitrogens with zero attached hydrogens (tertiary/aromatic N) is 4. The fraction of sp³-hybridized carbons (Fsp3) is 0.435. The Morgan fingerprint density at radius 2 is 1.84 bits per heavy atom. The SMILES string of the molecule is C#Cc1c(F)ccc2cc(O)cc(-c3nc(C#CC(C)(C)OCc4ccccc4)c4c(c3F)NC(C)(OC[C@@]35CCCN3C[C@H](F)C5)N=C4N3CC4CCC(C3)N4)c12. The largest absolute Gasteiger partial charge is 0.508 e. The summed E-state index contributed by atoms with van der Waals surface area (Å²) < 4.78 is 61.0. The number of amidine groups is 1. The van der Waals surface area contributed by atoms with Crippen LogP contribution >= 0.6 is 0 Å². The Bertz CT molecular complexity index is 2410. The summed E-state index contributed by atoms with van der Waals surface area (Å²) in [6.45, 7) is 8.37. The minimum absolute atomic E-state index is 0.0430. The minimum Gasteiger partial charge on any atom is -0.508 e. The number of aromatic nitrogens is 1. The molecular formula is C46H47F3N6O3. The highest BCUT2D eigenvalue weighted by atomic mass is 19.1. The summed E-state index contributed by atoms with van der Waals surface area (Å²) in [6.07, 6.45) is 9.00. The first-order valence-electron chi connectivity index (χ1n) is 20.1. The van der Waals surface area contributed by atoms with E-state index in [9.17, 15) is 9.50 Å². The summed E-state index contributed by atoms with van der Waals surface area (Å²) in [5.74, 6) is 6.31. The van der Waals surface area contributed by atoms with E-state index in [0.717, 1.165) is 37.8 Å². The number of benzene rings is 3. The zero-order valence-electron chi connectivity index (χ0n) is 33.0. The Balaban J connectivity index is 1.22. The molecular weight excluding hydrogens is 742 g/mol.